The minimum atomic E-state index is -0.0776. The van der Waals surface area contributed by atoms with Gasteiger partial charge in [0.1, 0.15) is 12.4 Å². The van der Waals surface area contributed by atoms with Crippen LogP contribution in [-0.2, 0) is 17.8 Å². The highest BCUT2D eigenvalue weighted by Gasteiger charge is 2.14. The molecule has 166 valence electrons. The number of hydrogen-bond acceptors (Lipinski definition) is 6. The largest absolute Gasteiger partial charge is 0.485 e. The van der Waals surface area contributed by atoms with Crippen molar-refractivity contribution in [1.82, 2.24) is 25.2 Å². The van der Waals surface area contributed by atoms with Gasteiger partial charge in [-0.15, -0.1) is 10.2 Å². The molecule has 0 saturated carbocycles. The van der Waals surface area contributed by atoms with Gasteiger partial charge in [0.15, 0.2) is 5.82 Å². The van der Waals surface area contributed by atoms with Crippen LogP contribution in [0.3, 0.4) is 0 Å². The number of fused-ring (bicyclic) bond motifs is 1. The SMILES string of the molecule is Cc1cccc(C)c1OCc1nnc(SCC(=O)NCCc2c[nH]c3ccccc23)n1N. The van der Waals surface area contributed by atoms with Gasteiger partial charge in [-0.1, -0.05) is 48.2 Å². The number of amides is 1. The predicted molar refractivity (Wildman–Crippen MR) is 126 cm³/mol. The lowest BCUT2D eigenvalue weighted by atomic mass is 10.1. The van der Waals surface area contributed by atoms with E-state index in [0.29, 0.717) is 17.5 Å². The van der Waals surface area contributed by atoms with Gasteiger partial charge in [0.05, 0.1) is 5.75 Å². The maximum Gasteiger partial charge on any atom is 0.230 e. The minimum Gasteiger partial charge on any atom is -0.485 e. The van der Waals surface area contributed by atoms with E-state index >= 15 is 0 Å². The molecule has 8 nitrogen and oxygen atoms in total. The summed E-state index contributed by atoms with van der Waals surface area (Å²) in [7, 11) is 0. The second-order valence-electron chi connectivity index (χ2n) is 7.53. The number of aromatic amines is 1. The van der Waals surface area contributed by atoms with Gasteiger partial charge in [0, 0.05) is 23.6 Å². The molecule has 1 amide bonds. The highest BCUT2D eigenvalue weighted by Crippen LogP contribution is 2.23. The number of aromatic nitrogens is 4. The zero-order chi connectivity index (χ0) is 22.5. The molecule has 4 rings (SSSR count). The van der Waals surface area contributed by atoms with Crippen LogP contribution in [0.15, 0.2) is 53.8 Å². The van der Waals surface area contributed by atoms with Crippen LogP contribution < -0.4 is 15.9 Å². The Labute approximate surface area is 190 Å². The van der Waals surface area contributed by atoms with Gasteiger partial charge in [-0.2, -0.15) is 0 Å². The molecule has 0 aliphatic rings. The van der Waals surface area contributed by atoms with Crippen LogP contribution >= 0.6 is 11.8 Å². The van der Waals surface area contributed by atoms with Gasteiger partial charge in [-0.3, -0.25) is 4.79 Å². The molecule has 0 saturated heterocycles. The van der Waals surface area contributed by atoms with Gasteiger partial charge in [0.25, 0.3) is 0 Å². The summed E-state index contributed by atoms with van der Waals surface area (Å²) in [5, 5.41) is 12.8. The van der Waals surface area contributed by atoms with E-state index in [4.69, 9.17) is 10.6 Å². The number of nitrogens with one attached hydrogen (secondary N) is 2. The minimum absolute atomic E-state index is 0.0776. The van der Waals surface area contributed by atoms with Gasteiger partial charge in [-0.05, 0) is 43.0 Å². The normalized spacial score (nSPS) is 11.1. The molecule has 0 aliphatic carbocycles. The molecule has 0 aliphatic heterocycles. The number of para-hydroxylation sites is 2. The first-order valence-corrected chi connectivity index (χ1v) is 11.3. The first-order chi connectivity index (χ1) is 15.5. The fourth-order valence-electron chi connectivity index (χ4n) is 3.52. The third-order valence-electron chi connectivity index (χ3n) is 5.21. The molecule has 2 aromatic heterocycles. The lowest BCUT2D eigenvalue weighted by Crippen LogP contribution is -2.27. The highest BCUT2D eigenvalue weighted by atomic mass is 32.2. The summed E-state index contributed by atoms with van der Waals surface area (Å²) in [6.45, 7) is 4.75. The number of nitrogens with two attached hydrogens (primary N) is 1. The Bertz CT molecular complexity index is 1210. The lowest BCUT2D eigenvalue weighted by Gasteiger charge is -2.11. The standard InChI is InChI=1S/C23H26N6O2S/c1-15-6-5-7-16(2)22(15)31-13-20-27-28-23(29(20)24)32-14-21(30)25-11-10-17-12-26-19-9-4-3-8-18(17)19/h3-9,12,26H,10-11,13-14,24H2,1-2H3,(H,25,30). The summed E-state index contributed by atoms with van der Waals surface area (Å²) in [4.78, 5) is 15.5. The number of H-pyrrole nitrogens is 1. The number of thioether (sulfide) groups is 1. The summed E-state index contributed by atoms with van der Waals surface area (Å²) in [6.07, 6.45) is 2.75. The van der Waals surface area contributed by atoms with Crippen LogP contribution in [0.5, 0.6) is 5.75 Å². The van der Waals surface area contributed by atoms with Crippen molar-refractivity contribution in [2.45, 2.75) is 32.0 Å². The molecule has 0 radical (unpaired) electrons. The molecule has 32 heavy (non-hydrogen) atoms. The Kier molecular flexibility index (Phi) is 6.65. The Balaban J connectivity index is 1.25. The number of benzene rings is 2. The maximum absolute atomic E-state index is 12.2. The zero-order valence-electron chi connectivity index (χ0n) is 18.1. The third kappa shape index (κ3) is 4.88. The smallest absolute Gasteiger partial charge is 0.230 e. The molecular formula is C23H26N6O2S. The number of hydrogen-bond donors (Lipinski definition) is 3. The van der Waals surface area contributed by atoms with Crippen molar-refractivity contribution in [3.05, 3.63) is 71.2 Å². The molecule has 4 N–H and O–H groups in total. The molecule has 0 unspecified atom stereocenters. The Morgan fingerprint density at radius 2 is 1.94 bits per heavy atom. The van der Waals surface area contributed by atoms with Crippen LogP contribution in [0, 0.1) is 13.8 Å². The number of carbonyl (C=O) groups excluding carboxylic acids is 1. The van der Waals surface area contributed by atoms with Crippen molar-refractivity contribution in [3.8, 4) is 5.75 Å². The molecule has 2 heterocycles. The Morgan fingerprint density at radius 3 is 2.75 bits per heavy atom. The zero-order valence-corrected chi connectivity index (χ0v) is 18.9. The van der Waals surface area contributed by atoms with E-state index in [9.17, 15) is 4.79 Å². The molecule has 0 spiro atoms. The summed E-state index contributed by atoms with van der Waals surface area (Å²) < 4.78 is 7.27. The molecule has 4 aromatic rings. The van der Waals surface area contributed by atoms with Crippen LogP contribution in [0.4, 0.5) is 0 Å². The monoisotopic (exact) mass is 450 g/mol. The van der Waals surface area contributed by atoms with E-state index in [-0.39, 0.29) is 18.3 Å². The molecule has 0 atom stereocenters. The van der Waals surface area contributed by atoms with Crippen LogP contribution in [-0.4, -0.2) is 38.1 Å². The number of ether oxygens (including phenoxy) is 1. The van der Waals surface area contributed by atoms with E-state index in [2.05, 4.69) is 26.6 Å². The van der Waals surface area contributed by atoms with Crippen molar-refractivity contribution in [2.75, 3.05) is 18.1 Å². The summed E-state index contributed by atoms with van der Waals surface area (Å²) in [5.41, 5.74) is 4.38. The second-order valence-corrected chi connectivity index (χ2v) is 8.47. The van der Waals surface area contributed by atoms with E-state index in [0.717, 1.165) is 28.8 Å². The van der Waals surface area contributed by atoms with Crippen molar-refractivity contribution in [1.29, 1.82) is 0 Å². The molecule has 0 fully saturated rings. The second kappa shape index (κ2) is 9.78. The molecular weight excluding hydrogens is 424 g/mol. The van der Waals surface area contributed by atoms with Gasteiger partial charge in [-0.25, -0.2) is 4.68 Å². The molecule has 2 aromatic carbocycles. The summed E-state index contributed by atoms with van der Waals surface area (Å²) >= 11 is 1.25. The van der Waals surface area contributed by atoms with Crippen molar-refractivity contribution < 1.29 is 9.53 Å². The number of nitrogens with zero attached hydrogens (tertiary/aromatic N) is 3. The summed E-state index contributed by atoms with van der Waals surface area (Å²) in [6, 6.07) is 14.1. The van der Waals surface area contributed by atoms with Crippen LogP contribution in [0.2, 0.25) is 0 Å². The summed E-state index contributed by atoms with van der Waals surface area (Å²) in [5.74, 6) is 7.55. The molecule has 0 bridgehead atoms. The van der Waals surface area contributed by atoms with E-state index in [1.807, 2.05) is 56.4 Å². The number of rotatable bonds is 9. The first kappa shape index (κ1) is 21.8. The number of nitrogen functional groups attached to an aromatic ring is 1. The van der Waals surface area contributed by atoms with Gasteiger partial charge in [0.2, 0.25) is 11.1 Å². The van der Waals surface area contributed by atoms with Crippen molar-refractivity contribution in [3.63, 3.8) is 0 Å². The van der Waals surface area contributed by atoms with Gasteiger partial charge >= 0.3 is 0 Å². The fraction of sp³-hybridized carbons (Fsp3) is 0.261. The first-order valence-electron chi connectivity index (χ1n) is 10.4. The lowest BCUT2D eigenvalue weighted by molar-refractivity contribution is -0.118. The van der Waals surface area contributed by atoms with Crippen molar-refractivity contribution >= 4 is 28.6 Å². The van der Waals surface area contributed by atoms with Crippen LogP contribution in [0.1, 0.15) is 22.5 Å². The number of carbonyl (C=O) groups is 1. The van der Waals surface area contributed by atoms with E-state index in [1.54, 1.807) is 0 Å². The third-order valence-corrected chi connectivity index (χ3v) is 6.16. The van der Waals surface area contributed by atoms with Gasteiger partial charge < -0.3 is 20.9 Å². The quantitative estimate of drug-likeness (QED) is 0.267. The van der Waals surface area contributed by atoms with Crippen LogP contribution in [0.25, 0.3) is 10.9 Å². The Morgan fingerprint density at radius 1 is 1.16 bits per heavy atom. The van der Waals surface area contributed by atoms with E-state index in [1.165, 1.54) is 27.4 Å². The van der Waals surface area contributed by atoms with Crippen molar-refractivity contribution in [2.24, 2.45) is 0 Å². The fourth-order valence-corrected chi connectivity index (χ4v) is 4.23. The maximum atomic E-state index is 12.2. The predicted octanol–water partition coefficient (Wildman–Crippen LogP) is 3.12. The van der Waals surface area contributed by atoms with E-state index < -0.39 is 0 Å². The average molecular weight is 451 g/mol. The highest BCUT2D eigenvalue weighted by molar-refractivity contribution is 7.99. The average Bonchev–Trinajstić information content (AvgIpc) is 3.35. The molecule has 9 heteroatoms. The topological polar surface area (TPSA) is 111 Å². The Hall–Kier alpha value is -3.46. The number of aryl methyl sites for hydroxylation is 2.